The van der Waals surface area contributed by atoms with Gasteiger partial charge in [-0.1, -0.05) is 103 Å². The summed E-state index contributed by atoms with van der Waals surface area (Å²) in [6.07, 6.45) is 1.93. The van der Waals surface area contributed by atoms with Crippen molar-refractivity contribution in [3.05, 3.63) is 134 Å². The molecule has 0 atom stereocenters. The predicted molar refractivity (Wildman–Crippen MR) is 169 cm³/mol. The van der Waals surface area contributed by atoms with Crippen LogP contribution >= 0.6 is 0 Å². The monoisotopic (exact) mass is 538 g/mol. The molecule has 0 radical (unpaired) electrons. The number of hydrogen-bond donors (Lipinski definition) is 0. The normalized spacial score (nSPS) is 11.8. The summed E-state index contributed by atoms with van der Waals surface area (Å²) in [7, 11) is 0. The summed E-state index contributed by atoms with van der Waals surface area (Å²) in [5.41, 5.74) is 6.68. The van der Waals surface area contributed by atoms with E-state index in [1.165, 1.54) is 10.8 Å². The minimum atomic E-state index is 0.575. The number of hydrogen-bond acceptors (Lipinski definition) is 4. The summed E-state index contributed by atoms with van der Waals surface area (Å²) in [5, 5.41) is 5.35. The minimum absolute atomic E-state index is 0.575. The zero-order chi connectivity index (χ0) is 27.6. The van der Waals surface area contributed by atoms with Gasteiger partial charge in [0.05, 0.1) is 27.8 Å². The Labute approximate surface area is 240 Å². The molecule has 6 heteroatoms. The van der Waals surface area contributed by atoms with E-state index >= 15 is 0 Å². The molecule has 0 fully saturated rings. The fourth-order valence-corrected chi connectivity index (χ4v) is 6.16. The highest BCUT2D eigenvalue weighted by Gasteiger charge is 2.20. The van der Waals surface area contributed by atoms with Crippen molar-refractivity contribution < 1.29 is 0 Å². The van der Waals surface area contributed by atoms with Crippen LogP contribution in [-0.4, -0.2) is 29.1 Å². The van der Waals surface area contributed by atoms with Gasteiger partial charge in [0.2, 0.25) is 11.9 Å². The van der Waals surface area contributed by atoms with Gasteiger partial charge < -0.3 is 0 Å². The molecule has 0 amide bonds. The molecule has 4 heterocycles. The topological polar surface area (TPSA) is 61.4 Å². The second kappa shape index (κ2) is 8.81. The average molecular weight is 539 g/mol. The summed E-state index contributed by atoms with van der Waals surface area (Å²) < 4.78 is 4.21. The Kier molecular flexibility index (Phi) is 4.80. The lowest BCUT2D eigenvalue weighted by Crippen LogP contribution is -2.06. The van der Waals surface area contributed by atoms with Gasteiger partial charge >= 0.3 is 0 Å². The second-order valence-corrected chi connectivity index (χ2v) is 10.4. The van der Waals surface area contributed by atoms with Crippen molar-refractivity contribution in [2.24, 2.45) is 0 Å². The number of para-hydroxylation sites is 4. The summed E-state index contributed by atoms with van der Waals surface area (Å²) in [6.45, 7) is 0. The van der Waals surface area contributed by atoms with Crippen molar-refractivity contribution in [1.29, 1.82) is 0 Å². The highest BCUT2D eigenvalue weighted by atomic mass is 15.2. The molecular formula is C36H22N6. The van der Waals surface area contributed by atoms with Gasteiger partial charge in [-0.3, -0.25) is 9.13 Å². The van der Waals surface area contributed by atoms with Gasteiger partial charge in [0, 0.05) is 38.7 Å². The molecule has 0 spiro atoms. The molecule has 0 aliphatic rings. The van der Waals surface area contributed by atoms with E-state index in [0.29, 0.717) is 11.9 Å². The molecule has 42 heavy (non-hydrogen) atoms. The molecule has 196 valence electrons. The number of aromatic nitrogens is 6. The summed E-state index contributed by atoms with van der Waals surface area (Å²) in [6, 6.07) is 43.5. The first-order valence-corrected chi connectivity index (χ1v) is 13.9. The molecule has 9 aromatic rings. The maximum Gasteiger partial charge on any atom is 0.237 e. The second-order valence-electron chi connectivity index (χ2n) is 10.4. The Morgan fingerprint density at radius 3 is 1.64 bits per heavy atom. The van der Waals surface area contributed by atoms with Crippen LogP contribution in [0.3, 0.4) is 0 Å². The summed E-state index contributed by atoms with van der Waals surface area (Å²) >= 11 is 0. The Bertz CT molecular complexity index is 2420. The van der Waals surface area contributed by atoms with Crippen LogP contribution in [-0.2, 0) is 0 Å². The highest BCUT2D eigenvalue weighted by molar-refractivity contribution is 6.10. The Morgan fingerprint density at radius 2 is 0.952 bits per heavy atom. The van der Waals surface area contributed by atoms with Gasteiger partial charge in [-0.25, -0.2) is 15.0 Å². The van der Waals surface area contributed by atoms with E-state index in [4.69, 9.17) is 19.9 Å². The fourth-order valence-electron chi connectivity index (χ4n) is 6.16. The summed E-state index contributed by atoms with van der Waals surface area (Å²) in [4.78, 5) is 20.4. The Morgan fingerprint density at radius 1 is 0.405 bits per heavy atom. The van der Waals surface area contributed by atoms with Gasteiger partial charge in [-0.2, -0.15) is 4.98 Å². The largest absolute Gasteiger partial charge is 0.278 e. The molecule has 0 aliphatic carbocycles. The molecule has 0 unspecified atom stereocenters. The molecule has 9 rings (SSSR count). The van der Waals surface area contributed by atoms with Crippen LogP contribution in [0, 0.1) is 0 Å². The number of fused-ring (bicyclic) bond motifs is 7. The van der Waals surface area contributed by atoms with Gasteiger partial charge in [-0.05, 0) is 24.3 Å². The van der Waals surface area contributed by atoms with Crippen molar-refractivity contribution in [1.82, 2.24) is 29.1 Å². The van der Waals surface area contributed by atoms with Gasteiger partial charge in [0.25, 0.3) is 0 Å². The maximum absolute atomic E-state index is 5.25. The molecule has 6 nitrogen and oxygen atoms in total. The highest BCUT2D eigenvalue weighted by Crippen LogP contribution is 2.35. The van der Waals surface area contributed by atoms with Crippen molar-refractivity contribution >= 4 is 54.6 Å². The number of benzene rings is 5. The summed E-state index contributed by atoms with van der Waals surface area (Å²) in [5.74, 6) is 1.18. The van der Waals surface area contributed by atoms with Gasteiger partial charge in [-0.15, -0.1) is 0 Å². The van der Waals surface area contributed by atoms with E-state index in [2.05, 4.69) is 88.0 Å². The quantitative estimate of drug-likeness (QED) is 0.227. The van der Waals surface area contributed by atoms with Crippen LogP contribution in [0.2, 0.25) is 0 Å². The van der Waals surface area contributed by atoms with Crippen LogP contribution in [0.15, 0.2) is 134 Å². The van der Waals surface area contributed by atoms with E-state index in [1.807, 2.05) is 54.7 Å². The van der Waals surface area contributed by atoms with E-state index in [9.17, 15) is 0 Å². The molecule has 0 bridgehead atoms. The lowest BCUT2D eigenvalue weighted by atomic mass is 10.1. The Hall–Kier alpha value is -5.88. The first-order chi connectivity index (χ1) is 20.8. The third kappa shape index (κ3) is 3.26. The third-order valence-corrected chi connectivity index (χ3v) is 8.02. The molecule has 5 aromatic carbocycles. The Balaban J connectivity index is 1.38. The minimum Gasteiger partial charge on any atom is -0.278 e. The van der Waals surface area contributed by atoms with Crippen molar-refractivity contribution in [2.45, 2.75) is 0 Å². The molecule has 0 N–H and O–H groups in total. The lowest BCUT2D eigenvalue weighted by molar-refractivity contribution is 0.961. The maximum atomic E-state index is 5.25. The lowest BCUT2D eigenvalue weighted by Gasteiger charge is -2.12. The first kappa shape index (κ1) is 22.9. The first-order valence-electron chi connectivity index (χ1n) is 13.9. The van der Waals surface area contributed by atoms with Crippen molar-refractivity contribution in [3.8, 4) is 23.2 Å². The smallest absolute Gasteiger partial charge is 0.237 e. The molecule has 0 aliphatic heterocycles. The SMILES string of the molecule is c1ccc(-c2nc(-n3c4ccccc4c4cnc(-n5c6ccccc6c6ccccc65)nc43)nc3ccccc23)cc1. The molecule has 0 saturated heterocycles. The van der Waals surface area contributed by atoms with E-state index in [-0.39, 0.29) is 0 Å². The van der Waals surface area contributed by atoms with Crippen LogP contribution in [0.5, 0.6) is 0 Å². The number of nitrogens with zero attached hydrogens (tertiary/aromatic N) is 6. The van der Waals surface area contributed by atoms with Crippen LogP contribution in [0.1, 0.15) is 0 Å². The third-order valence-electron chi connectivity index (χ3n) is 8.02. The predicted octanol–water partition coefficient (Wildman–Crippen LogP) is 8.28. The van der Waals surface area contributed by atoms with Crippen LogP contribution in [0.4, 0.5) is 0 Å². The van der Waals surface area contributed by atoms with Crippen LogP contribution < -0.4 is 0 Å². The van der Waals surface area contributed by atoms with E-state index in [0.717, 1.165) is 55.1 Å². The zero-order valence-corrected chi connectivity index (χ0v) is 22.4. The van der Waals surface area contributed by atoms with Crippen molar-refractivity contribution in [3.63, 3.8) is 0 Å². The zero-order valence-electron chi connectivity index (χ0n) is 22.4. The fraction of sp³-hybridized carbons (Fsp3) is 0. The standard InChI is InChI=1S/C36H22N6/c1-2-12-23(13-3-1)33-27-17-4-8-18-29(27)38-36(39-33)42-32-21-11-7-16-26(32)28-22-37-35(40-34(28)42)41-30-19-9-5-14-24(30)25-15-6-10-20-31(25)41/h1-22H. The molecular weight excluding hydrogens is 516 g/mol. The number of rotatable bonds is 3. The molecule has 0 saturated carbocycles. The van der Waals surface area contributed by atoms with E-state index < -0.39 is 0 Å². The van der Waals surface area contributed by atoms with Gasteiger partial charge in [0.1, 0.15) is 0 Å². The molecule has 4 aromatic heterocycles. The average Bonchev–Trinajstić information content (AvgIpc) is 3.57. The van der Waals surface area contributed by atoms with Crippen molar-refractivity contribution in [2.75, 3.05) is 0 Å². The van der Waals surface area contributed by atoms with Crippen LogP contribution in [0.25, 0.3) is 77.8 Å². The van der Waals surface area contributed by atoms with E-state index in [1.54, 1.807) is 0 Å². The van der Waals surface area contributed by atoms with Gasteiger partial charge in [0.15, 0.2) is 5.65 Å².